The molecule has 0 aromatic rings. The van der Waals surface area contributed by atoms with Crippen molar-refractivity contribution < 1.29 is 10.2 Å². The maximum Gasteiger partial charge on any atom is 0.0648 e. The first-order valence-corrected chi connectivity index (χ1v) is 3.45. The summed E-state index contributed by atoms with van der Waals surface area (Å²) in [7, 11) is 0. The molecular formula is C8H12O2. The van der Waals surface area contributed by atoms with E-state index in [0.717, 1.165) is 12.0 Å². The third kappa shape index (κ3) is 1.46. The van der Waals surface area contributed by atoms with E-state index in [1.54, 1.807) is 0 Å². The molecule has 1 unspecified atom stereocenters. The van der Waals surface area contributed by atoms with E-state index in [0.29, 0.717) is 0 Å². The quantitative estimate of drug-likeness (QED) is 0.585. The van der Waals surface area contributed by atoms with Gasteiger partial charge in [0.25, 0.3) is 0 Å². The zero-order chi connectivity index (χ0) is 7.40. The van der Waals surface area contributed by atoms with Crippen molar-refractivity contribution in [2.75, 3.05) is 13.2 Å². The number of rotatable bonds is 2. The zero-order valence-corrected chi connectivity index (χ0v) is 5.83. The van der Waals surface area contributed by atoms with Gasteiger partial charge in [0.2, 0.25) is 0 Å². The van der Waals surface area contributed by atoms with Crippen molar-refractivity contribution >= 4 is 0 Å². The Kier molecular flexibility index (Phi) is 2.66. The Morgan fingerprint density at radius 3 is 2.80 bits per heavy atom. The van der Waals surface area contributed by atoms with E-state index in [2.05, 4.69) is 0 Å². The lowest BCUT2D eigenvalue weighted by atomic mass is 9.93. The van der Waals surface area contributed by atoms with Gasteiger partial charge in [0.1, 0.15) is 0 Å². The van der Waals surface area contributed by atoms with Gasteiger partial charge in [-0.25, -0.2) is 0 Å². The van der Waals surface area contributed by atoms with Gasteiger partial charge in [-0.3, -0.25) is 0 Å². The average molecular weight is 140 g/mol. The molecule has 56 valence electrons. The number of aliphatic hydroxyl groups is 2. The van der Waals surface area contributed by atoms with Gasteiger partial charge in [-0.15, -0.1) is 0 Å². The van der Waals surface area contributed by atoms with Crippen LogP contribution in [0, 0.1) is 5.92 Å². The minimum Gasteiger partial charge on any atom is -0.396 e. The van der Waals surface area contributed by atoms with Crippen molar-refractivity contribution in [3.05, 3.63) is 23.8 Å². The summed E-state index contributed by atoms with van der Waals surface area (Å²) in [6, 6.07) is 0. The second-order valence-electron chi connectivity index (χ2n) is 2.44. The highest BCUT2D eigenvalue weighted by Gasteiger charge is 2.12. The van der Waals surface area contributed by atoms with Gasteiger partial charge in [0.05, 0.1) is 6.61 Å². The Morgan fingerprint density at radius 1 is 1.50 bits per heavy atom. The minimum atomic E-state index is 0.0650. The highest BCUT2D eigenvalue weighted by Crippen LogP contribution is 2.18. The fourth-order valence-corrected chi connectivity index (χ4v) is 1.10. The Bertz CT molecular complexity index is 159. The molecule has 1 rings (SSSR count). The first-order valence-electron chi connectivity index (χ1n) is 3.45. The monoisotopic (exact) mass is 140 g/mol. The Morgan fingerprint density at radius 2 is 2.30 bits per heavy atom. The molecule has 2 nitrogen and oxygen atoms in total. The van der Waals surface area contributed by atoms with E-state index in [4.69, 9.17) is 10.2 Å². The van der Waals surface area contributed by atoms with Crippen LogP contribution in [0.3, 0.4) is 0 Å². The summed E-state index contributed by atoms with van der Waals surface area (Å²) in [5, 5.41) is 17.6. The van der Waals surface area contributed by atoms with Crippen molar-refractivity contribution in [3.63, 3.8) is 0 Å². The van der Waals surface area contributed by atoms with Crippen molar-refractivity contribution in [3.8, 4) is 0 Å². The molecule has 10 heavy (non-hydrogen) atoms. The molecule has 2 heteroatoms. The summed E-state index contributed by atoms with van der Waals surface area (Å²) >= 11 is 0. The molecular weight excluding hydrogens is 128 g/mol. The van der Waals surface area contributed by atoms with Crippen molar-refractivity contribution in [1.82, 2.24) is 0 Å². The summed E-state index contributed by atoms with van der Waals surface area (Å²) in [4.78, 5) is 0. The first kappa shape index (κ1) is 7.51. The fraction of sp³-hybridized carbons (Fsp3) is 0.500. The molecule has 0 radical (unpaired) electrons. The van der Waals surface area contributed by atoms with E-state index < -0.39 is 0 Å². The van der Waals surface area contributed by atoms with Gasteiger partial charge in [-0.1, -0.05) is 18.2 Å². The summed E-state index contributed by atoms with van der Waals surface area (Å²) in [6.45, 7) is 0.201. The SMILES string of the molecule is OCC1=CC=CCC1CO. The summed E-state index contributed by atoms with van der Waals surface area (Å²) in [6.07, 6.45) is 6.63. The van der Waals surface area contributed by atoms with Gasteiger partial charge in [-0.2, -0.15) is 0 Å². The summed E-state index contributed by atoms with van der Waals surface area (Å²) in [5.74, 6) is 0.148. The highest BCUT2D eigenvalue weighted by atomic mass is 16.3. The van der Waals surface area contributed by atoms with Gasteiger partial charge in [0, 0.05) is 12.5 Å². The van der Waals surface area contributed by atoms with Crippen LogP contribution in [0.15, 0.2) is 23.8 Å². The van der Waals surface area contributed by atoms with Crippen LogP contribution in [0.1, 0.15) is 6.42 Å². The Hall–Kier alpha value is -0.600. The zero-order valence-electron chi connectivity index (χ0n) is 5.83. The molecule has 0 amide bonds. The molecule has 1 aliphatic rings. The molecule has 0 heterocycles. The molecule has 0 fully saturated rings. The lowest BCUT2D eigenvalue weighted by molar-refractivity contribution is 0.227. The lowest BCUT2D eigenvalue weighted by Gasteiger charge is -2.16. The standard InChI is InChI=1S/C8H12O2/c9-5-7-3-1-2-4-8(7)6-10/h1-3,8-10H,4-6H2. The number of aliphatic hydroxyl groups excluding tert-OH is 2. The van der Waals surface area contributed by atoms with Crippen LogP contribution in [-0.2, 0) is 0 Å². The molecule has 0 saturated carbocycles. The maximum atomic E-state index is 8.81. The molecule has 1 aliphatic carbocycles. The predicted molar refractivity (Wildman–Crippen MR) is 39.5 cm³/mol. The van der Waals surface area contributed by atoms with Crippen molar-refractivity contribution in [2.45, 2.75) is 6.42 Å². The van der Waals surface area contributed by atoms with Crippen LogP contribution in [0.5, 0.6) is 0 Å². The minimum absolute atomic E-state index is 0.0650. The number of hydrogen-bond acceptors (Lipinski definition) is 2. The van der Waals surface area contributed by atoms with Crippen LogP contribution in [-0.4, -0.2) is 23.4 Å². The van der Waals surface area contributed by atoms with E-state index in [9.17, 15) is 0 Å². The number of allylic oxidation sites excluding steroid dienone is 3. The third-order valence-corrected chi connectivity index (χ3v) is 1.79. The maximum absolute atomic E-state index is 8.81. The molecule has 0 saturated heterocycles. The molecule has 0 aromatic heterocycles. The van der Waals surface area contributed by atoms with E-state index in [-0.39, 0.29) is 19.1 Å². The second-order valence-corrected chi connectivity index (χ2v) is 2.44. The Labute approximate surface area is 60.5 Å². The van der Waals surface area contributed by atoms with Crippen LogP contribution < -0.4 is 0 Å². The molecule has 0 bridgehead atoms. The van der Waals surface area contributed by atoms with E-state index in [1.807, 2.05) is 18.2 Å². The van der Waals surface area contributed by atoms with Gasteiger partial charge >= 0.3 is 0 Å². The van der Waals surface area contributed by atoms with Crippen LogP contribution in [0.25, 0.3) is 0 Å². The number of hydrogen-bond donors (Lipinski definition) is 2. The third-order valence-electron chi connectivity index (χ3n) is 1.79. The normalized spacial score (nSPS) is 24.6. The van der Waals surface area contributed by atoms with E-state index >= 15 is 0 Å². The predicted octanol–water partition coefficient (Wildman–Crippen LogP) is 0.473. The van der Waals surface area contributed by atoms with E-state index in [1.165, 1.54) is 0 Å². The van der Waals surface area contributed by atoms with Crippen molar-refractivity contribution in [1.29, 1.82) is 0 Å². The molecule has 1 atom stereocenters. The largest absolute Gasteiger partial charge is 0.396 e. The fourth-order valence-electron chi connectivity index (χ4n) is 1.10. The molecule has 0 aliphatic heterocycles. The van der Waals surface area contributed by atoms with Crippen LogP contribution >= 0.6 is 0 Å². The van der Waals surface area contributed by atoms with Crippen molar-refractivity contribution in [2.24, 2.45) is 5.92 Å². The topological polar surface area (TPSA) is 40.5 Å². The van der Waals surface area contributed by atoms with Gasteiger partial charge < -0.3 is 10.2 Å². The van der Waals surface area contributed by atoms with Crippen LogP contribution in [0.2, 0.25) is 0 Å². The highest BCUT2D eigenvalue weighted by molar-refractivity contribution is 5.21. The average Bonchev–Trinajstić information content (AvgIpc) is 2.04. The first-order chi connectivity index (χ1) is 4.88. The summed E-state index contributed by atoms with van der Waals surface area (Å²) < 4.78 is 0. The van der Waals surface area contributed by atoms with Crippen LogP contribution in [0.4, 0.5) is 0 Å². The Balaban J connectivity index is 2.61. The molecule has 0 spiro atoms. The lowest BCUT2D eigenvalue weighted by Crippen LogP contribution is -2.13. The summed E-state index contributed by atoms with van der Waals surface area (Å²) in [5.41, 5.74) is 0.935. The van der Waals surface area contributed by atoms with Gasteiger partial charge in [0.15, 0.2) is 0 Å². The van der Waals surface area contributed by atoms with Gasteiger partial charge in [-0.05, 0) is 12.0 Å². The second kappa shape index (κ2) is 3.54. The molecule has 2 N–H and O–H groups in total. The smallest absolute Gasteiger partial charge is 0.0648 e. The molecule has 0 aromatic carbocycles.